The van der Waals surface area contributed by atoms with E-state index in [1.807, 2.05) is 0 Å². The van der Waals surface area contributed by atoms with Crippen LogP contribution in [0.15, 0.2) is 16.0 Å². The fourth-order valence-corrected chi connectivity index (χ4v) is 1.86. The Morgan fingerprint density at radius 3 is 3.15 bits per heavy atom. The van der Waals surface area contributed by atoms with Crippen LogP contribution < -0.4 is 11.0 Å². The molecule has 0 radical (unpaired) electrons. The third-order valence-electron chi connectivity index (χ3n) is 1.58. The summed E-state index contributed by atoms with van der Waals surface area (Å²) in [5.41, 5.74) is 2.86. The summed E-state index contributed by atoms with van der Waals surface area (Å²) >= 11 is 1.26. The maximum atomic E-state index is 11.3. The monoisotopic (exact) mass is 197 g/mol. The van der Waals surface area contributed by atoms with Crippen LogP contribution in [-0.4, -0.2) is 21.3 Å². The van der Waals surface area contributed by atoms with Gasteiger partial charge in [-0.1, -0.05) is 11.8 Å². The zero-order chi connectivity index (χ0) is 9.42. The SMILES string of the molecule is Cc1cc(=O)n2c(n1)SCC(=O)N2. The van der Waals surface area contributed by atoms with E-state index in [9.17, 15) is 9.59 Å². The van der Waals surface area contributed by atoms with E-state index >= 15 is 0 Å². The van der Waals surface area contributed by atoms with E-state index in [-0.39, 0.29) is 11.5 Å². The topological polar surface area (TPSA) is 64.0 Å². The number of hydrogen-bond acceptors (Lipinski definition) is 4. The quantitative estimate of drug-likeness (QED) is 0.581. The number of aryl methyl sites for hydroxylation is 1. The molecule has 2 heterocycles. The third-order valence-corrected chi connectivity index (χ3v) is 2.52. The fourth-order valence-electron chi connectivity index (χ4n) is 1.06. The summed E-state index contributed by atoms with van der Waals surface area (Å²) in [7, 11) is 0. The van der Waals surface area contributed by atoms with Crippen molar-refractivity contribution in [3.8, 4) is 0 Å². The van der Waals surface area contributed by atoms with E-state index < -0.39 is 0 Å². The van der Waals surface area contributed by atoms with Crippen molar-refractivity contribution in [3.63, 3.8) is 0 Å². The van der Waals surface area contributed by atoms with Gasteiger partial charge in [0, 0.05) is 11.8 Å². The summed E-state index contributed by atoms with van der Waals surface area (Å²) in [5.74, 6) is 0.140. The first-order chi connectivity index (χ1) is 6.16. The summed E-state index contributed by atoms with van der Waals surface area (Å²) in [6, 6.07) is 1.38. The normalized spacial score (nSPS) is 15.0. The lowest BCUT2D eigenvalue weighted by atomic mass is 10.5. The van der Waals surface area contributed by atoms with Crippen LogP contribution in [0, 0.1) is 6.92 Å². The van der Waals surface area contributed by atoms with Crippen LogP contribution in [0.5, 0.6) is 0 Å². The first-order valence-corrected chi connectivity index (χ1v) is 4.69. The number of fused-ring (bicyclic) bond motifs is 1. The number of rotatable bonds is 0. The maximum Gasteiger partial charge on any atom is 0.273 e. The van der Waals surface area contributed by atoms with Crippen molar-refractivity contribution in [2.45, 2.75) is 12.1 Å². The van der Waals surface area contributed by atoms with Crippen LogP contribution in [0.4, 0.5) is 0 Å². The second-order valence-corrected chi connectivity index (χ2v) is 3.62. The first kappa shape index (κ1) is 8.31. The van der Waals surface area contributed by atoms with Crippen molar-refractivity contribution in [2.24, 2.45) is 0 Å². The number of carbonyl (C=O) groups excluding carboxylic acids is 1. The van der Waals surface area contributed by atoms with E-state index in [2.05, 4.69) is 10.4 Å². The molecule has 1 aromatic rings. The molecule has 1 N–H and O–H groups in total. The molecule has 5 nitrogen and oxygen atoms in total. The average Bonchev–Trinajstić information content (AvgIpc) is 2.06. The summed E-state index contributed by atoms with van der Waals surface area (Å²) in [6.07, 6.45) is 0. The van der Waals surface area contributed by atoms with Gasteiger partial charge in [-0.25, -0.2) is 4.98 Å². The number of aromatic nitrogens is 2. The Morgan fingerprint density at radius 1 is 1.62 bits per heavy atom. The van der Waals surface area contributed by atoms with Crippen LogP contribution in [0.2, 0.25) is 0 Å². The molecule has 1 amide bonds. The van der Waals surface area contributed by atoms with E-state index in [1.54, 1.807) is 6.92 Å². The smallest absolute Gasteiger partial charge is 0.272 e. The fraction of sp³-hybridized carbons (Fsp3) is 0.286. The molecule has 0 spiro atoms. The van der Waals surface area contributed by atoms with Gasteiger partial charge in [0.15, 0.2) is 5.16 Å². The lowest BCUT2D eigenvalue weighted by molar-refractivity contribution is -0.115. The highest BCUT2D eigenvalue weighted by Gasteiger charge is 2.17. The standard InChI is InChI=1S/C7H7N3O2S/c1-4-2-6(12)10-7(8-4)13-3-5(11)9-10/h2H,3H2,1H3,(H,9,11). The van der Waals surface area contributed by atoms with Crippen LogP contribution in [0.1, 0.15) is 5.69 Å². The van der Waals surface area contributed by atoms with Crippen molar-refractivity contribution in [2.75, 3.05) is 11.2 Å². The van der Waals surface area contributed by atoms with Gasteiger partial charge in [0.25, 0.3) is 5.56 Å². The molecule has 13 heavy (non-hydrogen) atoms. The van der Waals surface area contributed by atoms with Crippen molar-refractivity contribution in [3.05, 3.63) is 22.1 Å². The Bertz CT molecular complexity index is 426. The second kappa shape index (κ2) is 2.88. The van der Waals surface area contributed by atoms with Crippen LogP contribution in [-0.2, 0) is 4.79 Å². The Kier molecular flexibility index (Phi) is 1.84. The second-order valence-electron chi connectivity index (χ2n) is 2.68. The molecule has 1 aliphatic heterocycles. The largest absolute Gasteiger partial charge is 0.273 e. The highest BCUT2D eigenvalue weighted by Crippen LogP contribution is 2.16. The van der Waals surface area contributed by atoms with E-state index in [0.29, 0.717) is 16.6 Å². The molecule has 6 heteroatoms. The maximum absolute atomic E-state index is 11.3. The van der Waals surface area contributed by atoms with Gasteiger partial charge in [0.1, 0.15) is 0 Å². The number of hydrogen-bond donors (Lipinski definition) is 1. The molecule has 0 saturated carbocycles. The van der Waals surface area contributed by atoms with Gasteiger partial charge in [0.05, 0.1) is 5.75 Å². The first-order valence-electron chi connectivity index (χ1n) is 3.70. The highest BCUT2D eigenvalue weighted by molar-refractivity contribution is 7.99. The summed E-state index contributed by atoms with van der Waals surface area (Å²) in [6.45, 7) is 1.75. The summed E-state index contributed by atoms with van der Waals surface area (Å²) in [4.78, 5) is 26.4. The predicted octanol–water partition coefficient (Wildman–Crippen LogP) is -0.272. The van der Waals surface area contributed by atoms with Crippen LogP contribution >= 0.6 is 11.8 Å². The molecular weight excluding hydrogens is 190 g/mol. The Balaban J connectivity index is 2.59. The minimum absolute atomic E-state index is 0.176. The number of nitrogens with one attached hydrogen (secondary N) is 1. The number of carbonyl (C=O) groups is 1. The minimum Gasteiger partial charge on any atom is -0.272 e. The molecule has 1 aromatic heterocycles. The molecule has 0 fully saturated rings. The van der Waals surface area contributed by atoms with Gasteiger partial charge >= 0.3 is 0 Å². The number of nitrogens with zero attached hydrogens (tertiary/aromatic N) is 2. The lowest BCUT2D eigenvalue weighted by Gasteiger charge is -2.16. The zero-order valence-electron chi connectivity index (χ0n) is 6.90. The van der Waals surface area contributed by atoms with Crippen molar-refractivity contribution in [1.29, 1.82) is 0 Å². The van der Waals surface area contributed by atoms with Gasteiger partial charge < -0.3 is 0 Å². The molecule has 0 aromatic carbocycles. The van der Waals surface area contributed by atoms with Gasteiger partial charge in [-0.15, -0.1) is 0 Å². The Morgan fingerprint density at radius 2 is 2.38 bits per heavy atom. The van der Waals surface area contributed by atoms with Crippen molar-refractivity contribution >= 4 is 17.7 Å². The lowest BCUT2D eigenvalue weighted by Crippen LogP contribution is -2.38. The predicted molar refractivity (Wildman–Crippen MR) is 48.3 cm³/mol. The van der Waals surface area contributed by atoms with Gasteiger partial charge in [-0.3, -0.25) is 15.0 Å². The molecule has 0 atom stereocenters. The molecule has 0 aliphatic carbocycles. The molecule has 0 saturated heterocycles. The average molecular weight is 197 g/mol. The van der Waals surface area contributed by atoms with E-state index in [4.69, 9.17) is 0 Å². The van der Waals surface area contributed by atoms with Crippen molar-refractivity contribution in [1.82, 2.24) is 9.66 Å². The molecular formula is C7H7N3O2S. The molecule has 1 aliphatic rings. The van der Waals surface area contributed by atoms with Crippen LogP contribution in [0.3, 0.4) is 0 Å². The third kappa shape index (κ3) is 1.44. The van der Waals surface area contributed by atoms with Gasteiger partial charge in [-0.05, 0) is 6.92 Å². The summed E-state index contributed by atoms with van der Waals surface area (Å²) < 4.78 is 1.17. The van der Waals surface area contributed by atoms with Crippen molar-refractivity contribution < 1.29 is 4.79 Å². The number of amides is 1. The minimum atomic E-state index is -0.247. The molecule has 0 bridgehead atoms. The van der Waals surface area contributed by atoms with Gasteiger partial charge in [-0.2, -0.15) is 4.68 Å². The summed E-state index contributed by atoms with van der Waals surface area (Å²) in [5, 5.41) is 0.546. The zero-order valence-corrected chi connectivity index (χ0v) is 7.72. The Labute approximate surface area is 78.1 Å². The number of thioether (sulfide) groups is 1. The van der Waals surface area contributed by atoms with Gasteiger partial charge in [0.2, 0.25) is 5.91 Å². The van der Waals surface area contributed by atoms with Crippen LogP contribution in [0.25, 0.3) is 0 Å². The molecule has 0 unspecified atom stereocenters. The highest BCUT2D eigenvalue weighted by atomic mass is 32.2. The van der Waals surface area contributed by atoms with E-state index in [0.717, 1.165) is 0 Å². The molecule has 68 valence electrons. The Hall–Kier alpha value is -1.30. The van der Waals surface area contributed by atoms with E-state index in [1.165, 1.54) is 22.5 Å². The molecule has 2 rings (SSSR count).